The Kier molecular flexibility index (Phi) is 4.06. The largest absolute Gasteiger partial charge is 0.469 e. The van der Waals surface area contributed by atoms with Gasteiger partial charge < -0.3 is 4.74 Å². The summed E-state index contributed by atoms with van der Waals surface area (Å²) in [4.78, 5) is 12.8. The van der Waals surface area contributed by atoms with Crippen LogP contribution in [0, 0.1) is 5.41 Å². The van der Waals surface area contributed by atoms with Gasteiger partial charge in [0.15, 0.2) is 0 Å². The van der Waals surface area contributed by atoms with Gasteiger partial charge in [-0.05, 0) is 26.7 Å². The number of carbonyl (C=O) groups is 1. The van der Waals surface area contributed by atoms with Gasteiger partial charge >= 0.3 is 12.1 Å². The van der Waals surface area contributed by atoms with Gasteiger partial charge in [-0.25, -0.2) is 0 Å². The lowest BCUT2D eigenvalue weighted by molar-refractivity contribution is -0.161. The lowest BCUT2D eigenvalue weighted by Crippen LogP contribution is -2.44. The Morgan fingerprint density at radius 3 is 2.18 bits per heavy atom. The Morgan fingerprint density at radius 1 is 1.29 bits per heavy atom. The van der Waals surface area contributed by atoms with E-state index < -0.39 is 24.1 Å². The summed E-state index contributed by atoms with van der Waals surface area (Å²) in [5.74, 6) is -0.481. The van der Waals surface area contributed by atoms with E-state index in [0.29, 0.717) is 0 Å². The molecule has 0 aromatic heterocycles. The van der Waals surface area contributed by atoms with Crippen LogP contribution in [0.1, 0.15) is 26.7 Å². The molecule has 0 spiro atoms. The third kappa shape index (κ3) is 4.53. The number of hydrogen-bond donors (Lipinski definition) is 0. The molecular formula is C11H18F3NO2. The third-order valence-electron chi connectivity index (χ3n) is 2.78. The van der Waals surface area contributed by atoms with Crippen molar-refractivity contribution < 1.29 is 22.7 Å². The van der Waals surface area contributed by atoms with Crippen molar-refractivity contribution >= 4 is 5.97 Å². The molecule has 1 aliphatic rings. The highest BCUT2D eigenvalue weighted by Gasteiger charge is 2.42. The predicted molar refractivity (Wildman–Crippen MR) is 56.4 cm³/mol. The molecule has 0 unspecified atom stereocenters. The highest BCUT2D eigenvalue weighted by Crippen LogP contribution is 2.33. The first-order valence-corrected chi connectivity index (χ1v) is 5.55. The Bertz CT molecular complexity index is 285. The summed E-state index contributed by atoms with van der Waals surface area (Å²) in [7, 11) is 1.25. The monoisotopic (exact) mass is 253 g/mol. The van der Waals surface area contributed by atoms with E-state index in [0.717, 1.165) is 12.8 Å². The van der Waals surface area contributed by atoms with Crippen LogP contribution in [0.25, 0.3) is 0 Å². The lowest BCUT2D eigenvalue weighted by Gasteiger charge is -2.31. The molecule has 0 aromatic carbocycles. The van der Waals surface area contributed by atoms with Crippen LogP contribution in [0.3, 0.4) is 0 Å². The minimum Gasteiger partial charge on any atom is -0.469 e. The summed E-state index contributed by atoms with van der Waals surface area (Å²) < 4.78 is 41.8. The van der Waals surface area contributed by atoms with Crippen LogP contribution in [-0.2, 0) is 9.53 Å². The van der Waals surface area contributed by atoms with Gasteiger partial charge in [0.1, 0.15) is 0 Å². The predicted octanol–water partition coefficient (Wildman–Crippen LogP) is 2.21. The molecule has 0 amide bonds. The Hall–Kier alpha value is -0.780. The van der Waals surface area contributed by atoms with Crippen molar-refractivity contribution in [1.29, 1.82) is 0 Å². The fourth-order valence-electron chi connectivity index (χ4n) is 1.83. The molecule has 0 atom stereocenters. The number of nitrogens with zero attached hydrogens (tertiary/aromatic N) is 1. The molecular weight excluding hydrogens is 235 g/mol. The number of methoxy groups -OCH3 is 1. The summed E-state index contributed by atoms with van der Waals surface area (Å²) in [6.45, 7) is 2.32. The van der Waals surface area contributed by atoms with Crippen molar-refractivity contribution in [3.05, 3.63) is 0 Å². The van der Waals surface area contributed by atoms with Gasteiger partial charge in [-0.2, -0.15) is 13.2 Å². The number of halogens is 3. The smallest absolute Gasteiger partial charge is 0.401 e. The first-order valence-electron chi connectivity index (χ1n) is 5.55. The van der Waals surface area contributed by atoms with Crippen LogP contribution in [0.15, 0.2) is 0 Å². The minimum absolute atomic E-state index is 0.0412. The molecule has 17 heavy (non-hydrogen) atoms. The molecule has 0 heterocycles. The zero-order valence-electron chi connectivity index (χ0n) is 10.3. The molecule has 0 radical (unpaired) electrons. The van der Waals surface area contributed by atoms with Gasteiger partial charge in [-0.1, -0.05) is 0 Å². The molecule has 1 rings (SSSR count). The molecule has 0 bridgehead atoms. The number of rotatable bonds is 5. The molecule has 1 fully saturated rings. The van der Waals surface area contributed by atoms with Crippen LogP contribution < -0.4 is 0 Å². The van der Waals surface area contributed by atoms with E-state index in [2.05, 4.69) is 4.74 Å². The second-order valence-electron chi connectivity index (χ2n) is 5.13. The summed E-state index contributed by atoms with van der Waals surface area (Å²) in [5, 5.41) is 0. The van der Waals surface area contributed by atoms with Crippen molar-refractivity contribution in [3.63, 3.8) is 0 Å². The van der Waals surface area contributed by atoms with Gasteiger partial charge in [0, 0.05) is 12.6 Å². The second-order valence-corrected chi connectivity index (χ2v) is 5.13. The standard InChI is InChI=1S/C11H18F3NO2/c1-10(2,9(16)17-3)6-15(8-4-5-8)7-11(12,13)14/h8H,4-7H2,1-3H3. The van der Waals surface area contributed by atoms with Crippen LogP contribution in [0.2, 0.25) is 0 Å². The van der Waals surface area contributed by atoms with Crippen LogP contribution in [-0.4, -0.2) is 43.3 Å². The van der Waals surface area contributed by atoms with E-state index in [9.17, 15) is 18.0 Å². The quantitative estimate of drug-likeness (QED) is 0.703. The first kappa shape index (κ1) is 14.3. The zero-order chi connectivity index (χ0) is 13.3. The first-order chi connectivity index (χ1) is 7.65. The molecule has 1 aliphatic carbocycles. The van der Waals surface area contributed by atoms with E-state index in [1.54, 1.807) is 13.8 Å². The van der Waals surface area contributed by atoms with E-state index >= 15 is 0 Å². The average Bonchev–Trinajstić information content (AvgIpc) is 2.95. The normalized spacial score (nSPS) is 17.4. The zero-order valence-corrected chi connectivity index (χ0v) is 10.3. The number of alkyl halides is 3. The van der Waals surface area contributed by atoms with E-state index in [4.69, 9.17) is 0 Å². The van der Waals surface area contributed by atoms with Gasteiger partial charge in [-0.3, -0.25) is 9.69 Å². The average molecular weight is 253 g/mol. The minimum atomic E-state index is -4.23. The van der Waals surface area contributed by atoms with Crippen molar-refractivity contribution in [3.8, 4) is 0 Å². The topological polar surface area (TPSA) is 29.5 Å². The van der Waals surface area contributed by atoms with Gasteiger partial charge in [0.2, 0.25) is 0 Å². The molecule has 0 saturated heterocycles. The Morgan fingerprint density at radius 2 is 1.82 bits per heavy atom. The summed E-state index contributed by atoms with van der Waals surface area (Å²) >= 11 is 0. The maximum absolute atomic E-state index is 12.4. The number of esters is 1. The van der Waals surface area contributed by atoms with Gasteiger partial charge in [-0.15, -0.1) is 0 Å². The van der Waals surface area contributed by atoms with Crippen molar-refractivity contribution in [2.24, 2.45) is 5.41 Å². The van der Waals surface area contributed by atoms with Crippen molar-refractivity contribution in [1.82, 2.24) is 4.90 Å². The molecule has 6 heteroatoms. The Labute approximate surface area is 98.9 Å². The Balaban J connectivity index is 2.63. The fourth-order valence-corrected chi connectivity index (χ4v) is 1.83. The fraction of sp³-hybridized carbons (Fsp3) is 0.909. The number of carbonyl (C=O) groups excluding carboxylic acids is 1. The molecule has 0 aliphatic heterocycles. The number of ether oxygens (including phenoxy) is 1. The molecule has 0 aromatic rings. The molecule has 1 saturated carbocycles. The molecule has 0 N–H and O–H groups in total. The lowest BCUT2D eigenvalue weighted by atomic mass is 9.93. The van der Waals surface area contributed by atoms with Crippen LogP contribution >= 0.6 is 0 Å². The van der Waals surface area contributed by atoms with Crippen molar-refractivity contribution in [2.45, 2.75) is 38.9 Å². The summed E-state index contributed by atoms with van der Waals surface area (Å²) in [6.07, 6.45) is -2.69. The summed E-state index contributed by atoms with van der Waals surface area (Å²) in [5.41, 5.74) is -0.914. The molecule has 3 nitrogen and oxygen atoms in total. The SMILES string of the molecule is COC(=O)C(C)(C)CN(CC(F)(F)F)C1CC1. The highest BCUT2D eigenvalue weighted by atomic mass is 19.4. The maximum Gasteiger partial charge on any atom is 0.401 e. The van der Waals surface area contributed by atoms with Gasteiger partial charge in [0.25, 0.3) is 0 Å². The van der Waals surface area contributed by atoms with Crippen LogP contribution in [0.5, 0.6) is 0 Å². The summed E-state index contributed by atoms with van der Waals surface area (Å²) in [6, 6.07) is -0.0412. The van der Waals surface area contributed by atoms with E-state index in [1.165, 1.54) is 12.0 Å². The highest BCUT2D eigenvalue weighted by molar-refractivity contribution is 5.76. The maximum atomic E-state index is 12.4. The number of hydrogen-bond acceptors (Lipinski definition) is 3. The van der Waals surface area contributed by atoms with Crippen molar-refractivity contribution in [2.75, 3.05) is 20.2 Å². The van der Waals surface area contributed by atoms with Crippen LogP contribution in [0.4, 0.5) is 13.2 Å². The van der Waals surface area contributed by atoms with Gasteiger partial charge in [0.05, 0.1) is 19.1 Å². The third-order valence-corrected chi connectivity index (χ3v) is 2.78. The van der Waals surface area contributed by atoms with E-state index in [-0.39, 0.29) is 12.6 Å². The van der Waals surface area contributed by atoms with E-state index in [1.807, 2.05) is 0 Å². The second kappa shape index (κ2) is 4.84. The molecule has 100 valence electrons.